The average molecular weight is 257 g/mol. The Morgan fingerprint density at radius 2 is 2.21 bits per heavy atom. The number of aryl methyl sites for hydroxylation is 1. The van der Waals surface area contributed by atoms with E-state index in [9.17, 15) is 9.59 Å². The third-order valence-corrected chi connectivity index (χ3v) is 2.89. The first kappa shape index (κ1) is 11.4. The normalized spacial score (nSPS) is 13.6. The monoisotopic (exact) mass is 257 g/mol. The minimum absolute atomic E-state index is 0.0194. The lowest BCUT2D eigenvalue weighted by Crippen LogP contribution is -2.19. The average Bonchev–Trinajstić information content (AvgIpc) is 2.93. The first-order chi connectivity index (χ1) is 9.22. The van der Waals surface area contributed by atoms with Crippen LogP contribution in [0.25, 0.3) is 0 Å². The van der Waals surface area contributed by atoms with Crippen molar-refractivity contribution in [2.75, 3.05) is 10.6 Å². The summed E-state index contributed by atoms with van der Waals surface area (Å²) >= 11 is 0. The lowest BCUT2D eigenvalue weighted by atomic mass is 10.0. The Kier molecular flexibility index (Phi) is 2.71. The van der Waals surface area contributed by atoms with E-state index in [4.69, 9.17) is 0 Å². The zero-order valence-electron chi connectivity index (χ0n) is 9.93. The molecule has 7 nitrogen and oxygen atoms in total. The molecule has 1 aromatic carbocycles. The molecule has 1 aliphatic rings. The predicted molar refractivity (Wildman–Crippen MR) is 67.7 cm³/mol. The van der Waals surface area contributed by atoms with E-state index in [-0.39, 0.29) is 17.6 Å². The van der Waals surface area contributed by atoms with Crippen molar-refractivity contribution in [1.82, 2.24) is 15.2 Å². The van der Waals surface area contributed by atoms with Gasteiger partial charge in [0.2, 0.25) is 11.7 Å². The van der Waals surface area contributed by atoms with Crippen molar-refractivity contribution < 1.29 is 9.59 Å². The van der Waals surface area contributed by atoms with Gasteiger partial charge in [0, 0.05) is 17.8 Å². The number of hydrogen-bond donors (Lipinski definition) is 3. The third kappa shape index (κ3) is 2.30. The van der Waals surface area contributed by atoms with Gasteiger partial charge in [0.05, 0.1) is 0 Å². The molecule has 2 heterocycles. The van der Waals surface area contributed by atoms with E-state index < -0.39 is 0 Å². The van der Waals surface area contributed by atoms with Gasteiger partial charge in [0.25, 0.3) is 5.91 Å². The molecule has 1 aliphatic heterocycles. The van der Waals surface area contributed by atoms with Gasteiger partial charge in [-0.1, -0.05) is 0 Å². The molecule has 96 valence electrons. The molecule has 1 aromatic heterocycles. The van der Waals surface area contributed by atoms with Crippen LogP contribution in [0.1, 0.15) is 22.6 Å². The second-order valence-electron chi connectivity index (χ2n) is 4.21. The van der Waals surface area contributed by atoms with E-state index in [2.05, 4.69) is 25.8 Å². The molecule has 0 radical (unpaired) electrons. The number of benzene rings is 1. The van der Waals surface area contributed by atoms with Gasteiger partial charge >= 0.3 is 0 Å². The molecular weight excluding hydrogens is 246 g/mol. The van der Waals surface area contributed by atoms with Gasteiger partial charge in [0.15, 0.2) is 0 Å². The summed E-state index contributed by atoms with van der Waals surface area (Å²) in [5.74, 6) is -0.172. The van der Waals surface area contributed by atoms with Crippen molar-refractivity contribution in [3.8, 4) is 0 Å². The summed E-state index contributed by atoms with van der Waals surface area (Å²) in [6, 6.07) is 5.37. The SMILES string of the molecule is O=C1CCc2cc(NC(=O)c3ncn[nH]3)ccc2N1. The molecule has 0 atom stereocenters. The van der Waals surface area contributed by atoms with Crippen LogP contribution in [0.4, 0.5) is 11.4 Å². The summed E-state index contributed by atoms with van der Waals surface area (Å²) in [5.41, 5.74) is 2.47. The van der Waals surface area contributed by atoms with Crippen LogP contribution in [-0.2, 0) is 11.2 Å². The zero-order valence-corrected chi connectivity index (χ0v) is 9.93. The van der Waals surface area contributed by atoms with Crippen molar-refractivity contribution >= 4 is 23.2 Å². The number of aromatic amines is 1. The summed E-state index contributed by atoms with van der Waals surface area (Å²) in [7, 11) is 0. The van der Waals surface area contributed by atoms with Crippen LogP contribution >= 0.6 is 0 Å². The van der Waals surface area contributed by atoms with Gasteiger partial charge in [-0.2, -0.15) is 5.10 Å². The molecule has 3 N–H and O–H groups in total. The Balaban J connectivity index is 1.79. The molecule has 19 heavy (non-hydrogen) atoms. The molecule has 0 bridgehead atoms. The summed E-state index contributed by atoms with van der Waals surface area (Å²) in [6.07, 6.45) is 2.41. The maximum Gasteiger partial charge on any atom is 0.292 e. The number of anilines is 2. The van der Waals surface area contributed by atoms with Crippen LogP contribution in [-0.4, -0.2) is 27.0 Å². The van der Waals surface area contributed by atoms with E-state index in [1.54, 1.807) is 12.1 Å². The second-order valence-corrected chi connectivity index (χ2v) is 4.21. The van der Waals surface area contributed by atoms with E-state index >= 15 is 0 Å². The lowest BCUT2D eigenvalue weighted by molar-refractivity contribution is -0.116. The van der Waals surface area contributed by atoms with E-state index in [0.29, 0.717) is 18.5 Å². The Morgan fingerprint density at radius 1 is 1.32 bits per heavy atom. The summed E-state index contributed by atoms with van der Waals surface area (Å²) < 4.78 is 0. The fourth-order valence-corrected chi connectivity index (χ4v) is 1.97. The van der Waals surface area contributed by atoms with Crippen LogP contribution < -0.4 is 10.6 Å². The number of aromatic nitrogens is 3. The number of H-pyrrole nitrogens is 1. The molecule has 2 amide bonds. The minimum atomic E-state index is -0.350. The Labute approximate surface area is 108 Å². The second kappa shape index (κ2) is 4.52. The van der Waals surface area contributed by atoms with Crippen LogP contribution in [0, 0.1) is 0 Å². The number of nitrogens with zero attached hydrogens (tertiary/aromatic N) is 2. The summed E-state index contributed by atoms with van der Waals surface area (Å²) in [4.78, 5) is 26.8. The molecule has 0 spiro atoms. The van der Waals surface area contributed by atoms with E-state index in [0.717, 1.165) is 11.3 Å². The molecule has 0 saturated heterocycles. The quantitative estimate of drug-likeness (QED) is 0.745. The highest BCUT2D eigenvalue weighted by Crippen LogP contribution is 2.25. The summed E-state index contributed by atoms with van der Waals surface area (Å²) in [6.45, 7) is 0. The number of carbonyl (C=O) groups excluding carboxylic acids is 2. The topological polar surface area (TPSA) is 99.8 Å². The highest BCUT2D eigenvalue weighted by molar-refractivity contribution is 6.02. The van der Waals surface area contributed by atoms with E-state index in [1.807, 2.05) is 6.07 Å². The highest BCUT2D eigenvalue weighted by atomic mass is 16.2. The van der Waals surface area contributed by atoms with E-state index in [1.165, 1.54) is 6.33 Å². The van der Waals surface area contributed by atoms with Crippen LogP contribution in [0.3, 0.4) is 0 Å². The fourth-order valence-electron chi connectivity index (χ4n) is 1.97. The molecule has 0 aliphatic carbocycles. The Bertz CT molecular complexity index is 636. The predicted octanol–water partition coefficient (Wildman–Crippen LogP) is 0.942. The molecule has 7 heteroatoms. The first-order valence-corrected chi connectivity index (χ1v) is 5.82. The number of hydrogen-bond acceptors (Lipinski definition) is 4. The van der Waals surface area contributed by atoms with Gasteiger partial charge in [-0.15, -0.1) is 0 Å². The first-order valence-electron chi connectivity index (χ1n) is 5.82. The van der Waals surface area contributed by atoms with Crippen LogP contribution in [0.15, 0.2) is 24.5 Å². The van der Waals surface area contributed by atoms with Gasteiger partial charge in [0.1, 0.15) is 6.33 Å². The molecule has 3 rings (SSSR count). The van der Waals surface area contributed by atoms with Crippen molar-refractivity contribution in [2.24, 2.45) is 0 Å². The number of carbonyl (C=O) groups is 2. The number of nitrogens with one attached hydrogen (secondary N) is 3. The minimum Gasteiger partial charge on any atom is -0.326 e. The maximum atomic E-state index is 11.8. The van der Waals surface area contributed by atoms with Gasteiger partial charge < -0.3 is 10.6 Å². The molecule has 0 unspecified atom stereocenters. The smallest absolute Gasteiger partial charge is 0.292 e. The third-order valence-electron chi connectivity index (χ3n) is 2.89. The molecular formula is C12H11N5O2. The standard InChI is InChI=1S/C12H11N5O2/c18-10-4-1-7-5-8(2-3-9(7)16-10)15-12(19)11-13-6-14-17-11/h2-3,5-6H,1,4H2,(H,15,19)(H,16,18)(H,13,14,17). The molecule has 0 saturated carbocycles. The van der Waals surface area contributed by atoms with Crippen LogP contribution in [0.5, 0.6) is 0 Å². The number of fused-ring (bicyclic) bond motifs is 1. The van der Waals surface area contributed by atoms with Gasteiger partial charge in [-0.25, -0.2) is 4.98 Å². The van der Waals surface area contributed by atoms with Crippen molar-refractivity contribution in [2.45, 2.75) is 12.8 Å². The molecule has 2 aromatic rings. The maximum absolute atomic E-state index is 11.8. The number of amides is 2. The van der Waals surface area contributed by atoms with Gasteiger partial charge in [-0.3, -0.25) is 14.7 Å². The Hall–Kier alpha value is -2.70. The summed E-state index contributed by atoms with van der Waals surface area (Å²) in [5, 5.41) is 11.6. The number of rotatable bonds is 2. The largest absolute Gasteiger partial charge is 0.326 e. The zero-order chi connectivity index (χ0) is 13.2. The fraction of sp³-hybridized carbons (Fsp3) is 0.167. The van der Waals surface area contributed by atoms with Gasteiger partial charge in [-0.05, 0) is 30.2 Å². The van der Waals surface area contributed by atoms with Crippen molar-refractivity contribution in [3.05, 3.63) is 35.9 Å². The van der Waals surface area contributed by atoms with Crippen LogP contribution in [0.2, 0.25) is 0 Å². The van der Waals surface area contributed by atoms with Crippen molar-refractivity contribution in [1.29, 1.82) is 0 Å². The van der Waals surface area contributed by atoms with Crippen molar-refractivity contribution in [3.63, 3.8) is 0 Å². The highest BCUT2D eigenvalue weighted by Gasteiger charge is 2.16. The Morgan fingerprint density at radius 3 is 3.00 bits per heavy atom. The molecule has 0 fully saturated rings. The lowest BCUT2D eigenvalue weighted by Gasteiger charge is -2.17.